The molecule has 0 amide bonds. The summed E-state index contributed by atoms with van der Waals surface area (Å²) in [4.78, 5) is 2.53. The summed E-state index contributed by atoms with van der Waals surface area (Å²) in [5.41, 5.74) is 1.41. The van der Waals surface area contributed by atoms with Gasteiger partial charge in [-0.1, -0.05) is 30.3 Å². The lowest BCUT2D eigenvalue weighted by atomic mass is 10.0. The van der Waals surface area contributed by atoms with Crippen molar-refractivity contribution in [1.82, 2.24) is 14.7 Å². The van der Waals surface area contributed by atoms with Gasteiger partial charge in [-0.3, -0.25) is 9.58 Å². The first-order valence-electron chi connectivity index (χ1n) is 7.32. The molecule has 0 aliphatic carbocycles. The molecule has 106 valence electrons. The van der Waals surface area contributed by atoms with Crippen molar-refractivity contribution >= 4 is 5.82 Å². The van der Waals surface area contributed by atoms with Crippen molar-refractivity contribution in [3.8, 4) is 0 Å². The van der Waals surface area contributed by atoms with E-state index in [0.29, 0.717) is 6.04 Å². The van der Waals surface area contributed by atoms with Crippen LogP contribution in [0.2, 0.25) is 0 Å². The Kier molecular flexibility index (Phi) is 4.02. The number of aromatic nitrogens is 2. The summed E-state index contributed by atoms with van der Waals surface area (Å²) in [6, 6.07) is 13.3. The summed E-state index contributed by atoms with van der Waals surface area (Å²) in [6.07, 6.45) is 4.35. The molecule has 1 saturated heterocycles. The molecular formula is C16H22N4. The fourth-order valence-corrected chi connectivity index (χ4v) is 2.78. The topological polar surface area (TPSA) is 33.1 Å². The average molecular weight is 270 g/mol. The van der Waals surface area contributed by atoms with E-state index >= 15 is 0 Å². The van der Waals surface area contributed by atoms with Crippen LogP contribution in [0.4, 0.5) is 5.82 Å². The van der Waals surface area contributed by atoms with Crippen molar-refractivity contribution in [2.45, 2.75) is 25.4 Å². The van der Waals surface area contributed by atoms with Gasteiger partial charge in [-0.05, 0) is 18.4 Å². The fraction of sp³-hybridized carbons (Fsp3) is 0.438. The predicted molar refractivity (Wildman–Crippen MR) is 81.6 cm³/mol. The zero-order chi connectivity index (χ0) is 13.8. The van der Waals surface area contributed by atoms with E-state index < -0.39 is 0 Å². The molecular weight excluding hydrogens is 248 g/mol. The third-order valence-corrected chi connectivity index (χ3v) is 3.90. The Morgan fingerprint density at radius 3 is 2.55 bits per heavy atom. The SMILES string of the molecule is Cn1ccc(NC2CCN(Cc3ccccc3)CC2)n1. The summed E-state index contributed by atoms with van der Waals surface area (Å²) in [6.45, 7) is 3.37. The molecule has 3 rings (SSSR count). The van der Waals surface area contributed by atoms with Crippen LogP contribution < -0.4 is 5.32 Å². The van der Waals surface area contributed by atoms with Gasteiger partial charge in [0.1, 0.15) is 5.82 Å². The van der Waals surface area contributed by atoms with E-state index in [1.54, 1.807) is 0 Å². The fourth-order valence-electron chi connectivity index (χ4n) is 2.78. The first-order valence-corrected chi connectivity index (χ1v) is 7.32. The van der Waals surface area contributed by atoms with E-state index in [4.69, 9.17) is 0 Å². The molecule has 0 spiro atoms. The summed E-state index contributed by atoms with van der Waals surface area (Å²) in [7, 11) is 1.95. The van der Waals surface area contributed by atoms with Gasteiger partial charge in [-0.15, -0.1) is 0 Å². The van der Waals surface area contributed by atoms with Crippen LogP contribution in [0, 0.1) is 0 Å². The van der Waals surface area contributed by atoms with Gasteiger partial charge < -0.3 is 5.32 Å². The van der Waals surface area contributed by atoms with Crippen LogP contribution >= 0.6 is 0 Å². The second kappa shape index (κ2) is 6.09. The van der Waals surface area contributed by atoms with E-state index in [-0.39, 0.29) is 0 Å². The van der Waals surface area contributed by atoms with Gasteiger partial charge in [-0.25, -0.2) is 0 Å². The lowest BCUT2D eigenvalue weighted by Crippen LogP contribution is -2.38. The van der Waals surface area contributed by atoms with E-state index in [0.717, 1.165) is 25.5 Å². The molecule has 1 aliphatic heterocycles. The Morgan fingerprint density at radius 2 is 1.90 bits per heavy atom. The van der Waals surface area contributed by atoms with Crippen LogP contribution in [0.15, 0.2) is 42.6 Å². The number of rotatable bonds is 4. The molecule has 0 bridgehead atoms. The number of aryl methyl sites for hydroxylation is 1. The van der Waals surface area contributed by atoms with Crippen molar-refractivity contribution < 1.29 is 0 Å². The number of hydrogen-bond donors (Lipinski definition) is 1. The van der Waals surface area contributed by atoms with Crippen LogP contribution in [-0.2, 0) is 13.6 Å². The van der Waals surface area contributed by atoms with Crippen molar-refractivity contribution in [1.29, 1.82) is 0 Å². The molecule has 4 heteroatoms. The molecule has 0 atom stereocenters. The third kappa shape index (κ3) is 3.39. The first-order chi connectivity index (χ1) is 9.79. The smallest absolute Gasteiger partial charge is 0.148 e. The molecule has 0 unspecified atom stereocenters. The number of hydrogen-bond acceptors (Lipinski definition) is 3. The zero-order valence-electron chi connectivity index (χ0n) is 12.0. The van der Waals surface area contributed by atoms with Crippen LogP contribution in [0.1, 0.15) is 18.4 Å². The number of nitrogens with zero attached hydrogens (tertiary/aromatic N) is 3. The van der Waals surface area contributed by atoms with Gasteiger partial charge >= 0.3 is 0 Å². The molecule has 1 fully saturated rings. The molecule has 4 nitrogen and oxygen atoms in total. The van der Waals surface area contributed by atoms with E-state index in [1.807, 2.05) is 24.0 Å². The number of benzene rings is 1. The molecule has 20 heavy (non-hydrogen) atoms. The maximum absolute atomic E-state index is 4.38. The maximum atomic E-state index is 4.38. The number of piperidine rings is 1. The minimum absolute atomic E-state index is 0.553. The van der Waals surface area contributed by atoms with E-state index in [2.05, 4.69) is 45.6 Å². The number of nitrogens with one attached hydrogen (secondary N) is 1. The summed E-state index contributed by atoms with van der Waals surface area (Å²) < 4.78 is 1.84. The average Bonchev–Trinajstić information content (AvgIpc) is 2.88. The highest BCUT2D eigenvalue weighted by Gasteiger charge is 2.19. The van der Waals surface area contributed by atoms with Crippen LogP contribution in [0.25, 0.3) is 0 Å². The first kappa shape index (κ1) is 13.2. The molecule has 1 aromatic heterocycles. The van der Waals surface area contributed by atoms with Gasteiger partial charge in [0.15, 0.2) is 0 Å². The second-order valence-electron chi connectivity index (χ2n) is 5.56. The summed E-state index contributed by atoms with van der Waals surface area (Å²) >= 11 is 0. The maximum Gasteiger partial charge on any atom is 0.148 e. The lowest BCUT2D eigenvalue weighted by Gasteiger charge is -2.32. The Bertz CT molecular complexity index is 526. The van der Waals surface area contributed by atoms with Gasteiger partial charge in [0.25, 0.3) is 0 Å². The van der Waals surface area contributed by atoms with Crippen molar-refractivity contribution in [2.24, 2.45) is 7.05 Å². The third-order valence-electron chi connectivity index (χ3n) is 3.90. The quantitative estimate of drug-likeness (QED) is 0.926. The molecule has 1 aromatic carbocycles. The van der Waals surface area contributed by atoms with Gasteiger partial charge in [0, 0.05) is 45.0 Å². The Balaban J connectivity index is 1.47. The Labute approximate surface area is 120 Å². The standard InChI is InChI=1S/C16H22N4/c1-19-10-9-16(18-19)17-15-7-11-20(12-8-15)13-14-5-3-2-4-6-14/h2-6,9-10,15H,7-8,11-13H2,1H3,(H,17,18). The molecule has 2 heterocycles. The van der Waals surface area contributed by atoms with Gasteiger partial charge in [-0.2, -0.15) is 5.10 Å². The van der Waals surface area contributed by atoms with Gasteiger partial charge in [0.05, 0.1) is 0 Å². The lowest BCUT2D eigenvalue weighted by molar-refractivity contribution is 0.211. The normalized spacial score (nSPS) is 17.2. The highest BCUT2D eigenvalue weighted by molar-refractivity contribution is 5.33. The minimum atomic E-state index is 0.553. The Morgan fingerprint density at radius 1 is 1.15 bits per heavy atom. The van der Waals surface area contributed by atoms with Crippen LogP contribution in [0.3, 0.4) is 0 Å². The van der Waals surface area contributed by atoms with Crippen molar-refractivity contribution in [3.05, 3.63) is 48.2 Å². The highest BCUT2D eigenvalue weighted by Crippen LogP contribution is 2.17. The van der Waals surface area contributed by atoms with Crippen LogP contribution in [0.5, 0.6) is 0 Å². The highest BCUT2D eigenvalue weighted by atomic mass is 15.3. The molecule has 0 saturated carbocycles. The number of anilines is 1. The largest absolute Gasteiger partial charge is 0.366 e. The van der Waals surface area contributed by atoms with Crippen molar-refractivity contribution in [2.75, 3.05) is 18.4 Å². The summed E-state index contributed by atoms with van der Waals surface area (Å²) in [5.74, 6) is 0.994. The minimum Gasteiger partial charge on any atom is -0.366 e. The molecule has 2 aromatic rings. The molecule has 1 N–H and O–H groups in total. The monoisotopic (exact) mass is 270 g/mol. The molecule has 1 aliphatic rings. The zero-order valence-corrected chi connectivity index (χ0v) is 12.0. The van der Waals surface area contributed by atoms with Crippen LogP contribution in [-0.4, -0.2) is 33.8 Å². The van der Waals surface area contributed by atoms with Crippen molar-refractivity contribution in [3.63, 3.8) is 0 Å². The summed E-state index contributed by atoms with van der Waals surface area (Å²) in [5, 5.41) is 7.91. The molecule has 0 radical (unpaired) electrons. The predicted octanol–water partition coefficient (Wildman–Crippen LogP) is 2.50. The van der Waals surface area contributed by atoms with E-state index in [1.165, 1.54) is 18.4 Å². The second-order valence-corrected chi connectivity index (χ2v) is 5.56. The Hall–Kier alpha value is -1.81. The van der Waals surface area contributed by atoms with E-state index in [9.17, 15) is 0 Å². The van der Waals surface area contributed by atoms with Gasteiger partial charge in [0.2, 0.25) is 0 Å². The number of likely N-dealkylation sites (tertiary alicyclic amines) is 1.